The van der Waals surface area contributed by atoms with Gasteiger partial charge in [0.1, 0.15) is 5.75 Å². The maximum Gasteiger partial charge on any atom is 0.231 e. The van der Waals surface area contributed by atoms with E-state index in [4.69, 9.17) is 5.73 Å². The summed E-state index contributed by atoms with van der Waals surface area (Å²) in [4.78, 5) is 13.7. The van der Waals surface area contributed by atoms with Crippen molar-refractivity contribution in [1.29, 1.82) is 0 Å². The van der Waals surface area contributed by atoms with Crippen molar-refractivity contribution >= 4 is 17.3 Å². The quantitative estimate of drug-likeness (QED) is 0.827. The SMILES string of the molecule is CN(C(=O)Cc1cccc(N)c1)c1ccc(O)cc1. The zero-order valence-corrected chi connectivity index (χ0v) is 10.7. The molecule has 0 fully saturated rings. The molecule has 0 aromatic heterocycles. The first kappa shape index (κ1) is 13.0. The summed E-state index contributed by atoms with van der Waals surface area (Å²) in [5.74, 6) is 0.150. The maximum absolute atomic E-state index is 12.1. The van der Waals surface area contributed by atoms with Crippen LogP contribution in [0.25, 0.3) is 0 Å². The number of phenols is 1. The fourth-order valence-corrected chi connectivity index (χ4v) is 1.82. The summed E-state index contributed by atoms with van der Waals surface area (Å²) in [6, 6.07) is 13.8. The van der Waals surface area contributed by atoms with Crippen molar-refractivity contribution in [1.82, 2.24) is 0 Å². The molecule has 2 aromatic rings. The molecule has 0 saturated carbocycles. The van der Waals surface area contributed by atoms with E-state index < -0.39 is 0 Å². The van der Waals surface area contributed by atoms with E-state index >= 15 is 0 Å². The van der Waals surface area contributed by atoms with Crippen LogP contribution in [-0.2, 0) is 11.2 Å². The van der Waals surface area contributed by atoms with Crippen LogP contribution in [0.2, 0.25) is 0 Å². The summed E-state index contributed by atoms with van der Waals surface area (Å²) in [7, 11) is 1.71. The van der Waals surface area contributed by atoms with Gasteiger partial charge in [0.2, 0.25) is 5.91 Å². The first-order valence-corrected chi connectivity index (χ1v) is 5.96. The van der Waals surface area contributed by atoms with Crippen LogP contribution in [-0.4, -0.2) is 18.1 Å². The largest absolute Gasteiger partial charge is 0.508 e. The molecule has 3 N–H and O–H groups in total. The van der Waals surface area contributed by atoms with E-state index in [2.05, 4.69) is 0 Å². The van der Waals surface area contributed by atoms with Gasteiger partial charge in [-0.1, -0.05) is 12.1 Å². The number of nitrogens with two attached hydrogens (primary N) is 1. The summed E-state index contributed by atoms with van der Waals surface area (Å²) < 4.78 is 0. The minimum Gasteiger partial charge on any atom is -0.508 e. The molecule has 0 spiro atoms. The summed E-state index contributed by atoms with van der Waals surface area (Å²) in [6.45, 7) is 0. The van der Waals surface area contributed by atoms with Crippen molar-refractivity contribution in [3.8, 4) is 5.75 Å². The molecule has 98 valence electrons. The minimum absolute atomic E-state index is 0.0312. The molecule has 0 unspecified atom stereocenters. The lowest BCUT2D eigenvalue weighted by molar-refractivity contribution is -0.117. The lowest BCUT2D eigenvalue weighted by Gasteiger charge is -2.17. The number of anilines is 2. The highest BCUT2D eigenvalue weighted by Crippen LogP contribution is 2.18. The van der Waals surface area contributed by atoms with Gasteiger partial charge in [-0.2, -0.15) is 0 Å². The van der Waals surface area contributed by atoms with Gasteiger partial charge in [0.05, 0.1) is 6.42 Å². The lowest BCUT2D eigenvalue weighted by atomic mass is 10.1. The Labute approximate surface area is 112 Å². The number of carbonyl (C=O) groups is 1. The van der Waals surface area contributed by atoms with E-state index in [0.29, 0.717) is 12.1 Å². The van der Waals surface area contributed by atoms with E-state index in [-0.39, 0.29) is 11.7 Å². The Balaban J connectivity index is 2.09. The molecule has 2 aromatic carbocycles. The van der Waals surface area contributed by atoms with Crippen LogP contribution < -0.4 is 10.6 Å². The predicted molar refractivity (Wildman–Crippen MR) is 76.1 cm³/mol. The van der Waals surface area contributed by atoms with Crippen LogP contribution in [0.3, 0.4) is 0 Å². The highest BCUT2D eigenvalue weighted by Gasteiger charge is 2.11. The average molecular weight is 256 g/mol. The van der Waals surface area contributed by atoms with Crippen molar-refractivity contribution < 1.29 is 9.90 Å². The summed E-state index contributed by atoms with van der Waals surface area (Å²) in [6.07, 6.45) is 0.294. The number of likely N-dealkylation sites (N-methyl/N-ethyl adjacent to an activating group) is 1. The lowest BCUT2D eigenvalue weighted by Crippen LogP contribution is -2.27. The van der Waals surface area contributed by atoms with Gasteiger partial charge in [-0.15, -0.1) is 0 Å². The van der Waals surface area contributed by atoms with E-state index in [0.717, 1.165) is 11.3 Å². The number of amides is 1. The number of nitrogen functional groups attached to an aromatic ring is 1. The molecule has 0 aliphatic carbocycles. The molecule has 1 amide bonds. The topological polar surface area (TPSA) is 66.6 Å². The molecule has 0 radical (unpaired) electrons. The van der Waals surface area contributed by atoms with Crippen molar-refractivity contribution in [2.24, 2.45) is 0 Å². The molecule has 0 aliphatic rings. The van der Waals surface area contributed by atoms with Gasteiger partial charge in [-0.05, 0) is 42.0 Å². The number of aromatic hydroxyl groups is 1. The van der Waals surface area contributed by atoms with E-state index in [9.17, 15) is 9.90 Å². The standard InChI is InChI=1S/C15H16N2O2/c1-17(13-5-7-14(18)8-6-13)15(19)10-11-3-2-4-12(16)9-11/h2-9,18H,10,16H2,1H3. The average Bonchev–Trinajstić information content (AvgIpc) is 2.39. The second-order valence-electron chi connectivity index (χ2n) is 4.39. The van der Waals surface area contributed by atoms with Crippen LogP contribution in [0, 0.1) is 0 Å². The molecule has 0 saturated heterocycles. The van der Waals surface area contributed by atoms with E-state index in [1.165, 1.54) is 0 Å². The van der Waals surface area contributed by atoms with Gasteiger partial charge in [0, 0.05) is 18.4 Å². The maximum atomic E-state index is 12.1. The Kier molecular flexibility index (Phi) is 3.71. The normalized spacial score (nSPS) is 10.2. The second kappa shape index (κ2) is 5.44. The Morgan fingerprint density at radius 2 is 1.89 bits per heavy atom. The number of nitrogens with zero attached hydrogens (tertiary/aromatic N) is 1. The Bertz CT molecular complexity index is 579. The van der Waals surface area contributed by atoms with E-state index in [1.54, 1.807) is 48.3 Å². The van der Waals surface area contributed by atoms with Gasteiger partial charge in [0.15, 0.2) is 0 Å². The van der Waals surface area contributed by atoms with Crippen molar-refractivity contribution in [2.75, 3.05) is 17.7 Å². The molecule has 0 atom stereocenters. The second-order valence-corrected chi connectivity index (χ2v) is 4.39. The summed E-state index contributed by atoms with van der Waals surface area (Å²) in [5.41, 5.74) is 7.96. The Morgan fingerprint density at radius 3 is 2.53 bits per heavy atom. The molecule has 4 nitrogen and oxygen atoms in total. The molecule has 19 heavy (non-hydrogen) atoms. The molecule has 0 heterocycles. The van der Waals surface area contributed by atoms with Gasteiger partial charge in [0.25, 0.3) is 0 Å². The first-order chi connectivity index (χ1) is 9.06. The molecule has 0 bridgehead atoms. The third kappa shape index (κ3) is 3.25. The smallest absolute Gasteiger partial charge is 0.231 e. The van der Waals surface area contributed by atoms with Crippen molar-refractivity contribution in [2.45, 2.75) is 6.42 Å². The summed E-state index contributed by atoms with van der Waals surface area (Å²) in [5, 5.41) is 9.23. The van der Waals surface area contributed by atoms with Crippen LogP contribution in [0.15, 0.2) is 48.5 Å². The number of phenolic OH excluding ortho intramolecular Hbond substituents is 1. The number of carbonyl (C=O) groups excluding carboxylic acids is 1. The zero-order chi connectivity index (χ0) is 13.8. The minimum atomic E-state index is -0.0312. The van der Waals surface area contributed by atoms with E-state index in [1.807, 2.05) is 12.1 Å². The van der Waals surface area contributed by atoms with Gasteiger partial charge in [-0.3, -0.25) is 4.79 Å². The molecule has 0 aliphatic heterocycles. The fraction of sp³-hybridized carbons (Fsp3) is 0.133. The third-order valence-corrected chi connectivity index (χ3v) is 2.92. The van der Waals surface area contributed by atoms with Gasteiger partial charge in [-0.25, -0.2) is 0 Å². The van der Waals surface area contributed by atoms with Crippen LogP contribution in [0.4, 0.5) is 11.4 Å². The monoisotopic (exact) mass is 256 g/mol. The van der Waals surface area contributed by atoms with Crippen LogP contribution in [0.1, 0.15) is 5.56 Å². The van der Waals surface area contributed by atoms with Crippen molar-refractivity contribution in [3.05, 3.63) is 54.1 Å². The van der Waals surface area contributed by atoms with Gasteiger partial charge < -0.3 is 15.7 Å². The summed E-state index contributed by atoms with van der Waals surface area (Å²) >= 11 is 0. The fourth-order valence-electron chi connectivity index (χ4n) is 1.82. The molecular formula is C15H16N2O2. The number of hydrogen-bond acceptors (Lipinski definition) is 3. The number of benzene rings is 2. The molecule has 4 heteroatoms. The van der Waals surface area contributed by atoms with Gasteiger partial charge >= 0.3 is 0 Å². The Morgan fingerprint density at radius 1 is 1.21 bits per heavy atom. The Hall–Kier alpha value is -2.49. The highest BCUT2D eigenvalue weighted by atomic mass is 16.3. The number of hydrogen-bond donors (Lipinski definition) is 2. The first-order valence-electron chi connectivity index (χ1n) is 5.96. The molecule has 2 rings (SSSR count). The number of rotatable bonds is 3. The zero-order valence-electron chi connectivity index (χ0n) is 10.7. The highest BCUT2D eigenvalue weighted by molar-refractivity contribution is 5.94. The molecular weight excluding hydrogens is 240 g/mol. The van der Waals surface area contributed by atoms with Crippen LogP contribution in [0.5, 0.6) is 5.75 Å². The predicted octanol–water partition coefficient (Wildman–Crippen LogP) is 2.18. The van der Waals surface area contributed by atoms with Crippen LogP contribution >= 0.6 is 0 Å². The van der Waals surface area contributed by atoms with Crippen molar-refractivity contribution in [3.63, 3.8) is 0 Å². The third-order valence-electron chi connectivity index (χ3n) is 2.92.